The van der Waals surface area contributed by atoms with E-state index in [4.69, 9.17) is 9.47 Å². The molecular formula is C24H30N2O4. The van der Waals surface area contributed by atoms with Crippen molar-refractivity contribution in [1.82, 2.24) is 5.32 Å². The largest absolute Gasteiger partial charge is 0.476 e. The molecule has 0 aliphatic carbocycles. The van der Waals surface area contributed by atoms with Gasteiger partial charge in [-0.15, -0.1) is 0 Å². The second kappa shape index (κ2) is 10.8. The molecule has 1 amide bonds. The van der Waals surface area contributed by atoms with Crippen molar-refractivity contribution in [2.24, 2.45) is 10.9 Å². The molecule has 0 aromatic heterocycles. The van der Waals surface area contributed by atoms with Crippen LogP contribution < -0.4 is 5.32 Å². The Balaban J connectivity index is 1.64. The number of carbonyl (C=O) groups excluding carboxylic acids is 1. The average molecular weight is 411 g/mol. The number of alkyl carbamates (subject to hydrolysis) is 1. The first kappa shape index (κ1) is 21.8. The van der Waals surface area contributed by atoms with Crippen LogP contribution in [0, 0.1) is 5.92 Å². The summed E-state index contributed by atoms with van der Waals surface area (Å²) in [6, 6.07) is 16.9. The first-order valence-corrected chi connectivity index (χ1v) is 10.4. The van der Waals surface area contributed by atoms with E-state index in [-0.39, 0.29) is 6.61 Å². The first-order chi connectivity index (χ1) is 14.5. The lowest BCUT2D eigenvalue weighted by atomic mass is 9.93. The average Bonchev–Trinajstić information content (AvgIpc) is 3.27. The second-order valence-corrected chi connectivity index (χ2v) is 7.91. The Kier molecular flexibility index (Phi) is 7.85. The van der Waals surface area contributed by atoms with Crippen molar-refractivity contribution < 1.29 is 19.4 Å². The third-order valence-electron chi connectivity index (χ3n) is 4.97. The summed E-state index contributed by atoms with van der Waals surface area (Å²) in [5.41, 5.74) is 2.75. The third-order valence-corrected chi connectivity index (χ3v) is 4.97. The molecule has 160 valence electrons. The standard InChI is InChI=1S/C24H30N2O4/c1-17(2)14-21(26-24(28)30-16-18-8-4-3-5-9-18)22(27)15-19-10-6-7-11-20(19)23-25-12-13-29-23/h3-11,17,21-22,27H,12-16H2,1-2H3,(H,26,28)/t21-,22-/m0/s1. The van der Waals surface area contributed by atoms with Crippen molar-refractivity contribution in [1.29, 1.82) is 0 Å². The van der Waals surface area contributed by atoms with Crippen LogP contribution in [-0.2, 0) is 22.5 Å². The molecule has 1 aliphatic heterocycles. The van der Waals surface area contributed by atoms with Gasteiger partial charge in [-0.3, -0.25) is 0 Å². The topological polar surface area (TPSA) is 80.2 Å². The summed E-state index contributed by atoms with van der Waals surface area (Å²) in [7, 11) is 0. The fraction of sp³-hybridized carbons (Fsp3) is 0.417. The van der Waals surface area contributed by atoms with E-state index in [1.165, 1.54) is 0 Å². The van der Waals surface area contributed by atoms with E-state index < -0.39 is 18.2 Å². The maximum atomic E-state index is 12.4. The molecule has 1 heterocycles. The molecule has 30 heavy (non-hydrogen) atoms. The number of aliphatic hydroxyl groups excluding tert-OH is 1. The fourth-order valence-corrected chi connectivity index (χ4v) is 3.51. The SMILES string of the molecule is CC(C)C[C@H](NC(=O)OCc1ccccc1)[C@@H](O)Cc1ccccc1C1=NCCO1. The summed E-state index contributed by atoms with van der Waals surface area (Å²) in [6.07, 6.45) is -0.268. The van der Waals surface area contributed by atoms with Crippen molar-refractivity contribution in [2.45, 2.75) is 45.4 Å². The Morgan fingerprint density at radius 3 is 2.60 bits per heavy atom. The molecule has 0 saturated heterocycles. The molecule has 2 N–H and O–H groups in total. The number of nitrogens with zero attached hydrogens (tertiary/aromatic N) is 1. The van der Waals surface area contributed by atoms with Crippen molar-refractivity contribution >= 4 is 12.0 Å². The van der Waals surface area contributed by atoms with Gasteiger partial charge in [0.1, 0.15) is 13.2 Å². The van der Waals surface area contributed by atoms with Gasteiger partial charge >= 0.3 is 6.09 Å². The molecule has 2 aromatic carbocycles. The highest BCUT2D eigenvalue weighted by atomic mass is 16.5. The molecule has 1 aliphatic rings. The molecular weight excluding hydrogens is 380 g/mol. The Bertz CT molecular complexity index is 851. The molecule has 6 heteroatoms. The van der Waals surface area contributed by atoms with Crippen LogP contribution in [0.3, 0.4) is 0 Å². The molecule has 3 rings (SSSR count). The van der Waals surface area contributed by atoms with Crippen molar-refractivity contribution in [3.05, 3.63) is 71.3 Å². The highest BCUT2D eigenvalue weighted by molar-refractivity contribution is 5.96. The lowest BCUT2D eigenvalue weighted by Gasteiger charge is -2.26. The van der Waals surface area contributed by atoms with Gasteiger partial charge in [0.25, 0.3) is 0 Å². The Labute approximate surface area is 177 Å². The first-order valence-electron chi connectivity index (χ1n) is 10.4. The van der Waals surface area contributed by atoms with Crippen LogP contribution in [0.5, 0.6) is 0 Å². The number of carbonyl (C=O) groups is 1. The van der Waals surface area contributed by atoms with E-state index in [0.717, 1.165) is 16.7 Å². The second-order valence-electron chi connectivity index (χ2n) is 7.91. The Morgan fingerprint density at radius 2 is 1.90 bits per heavy atom. The normalized spacial score (nSPS) is 15.3. The van der Waals surface area contributed by atoms with Crippen LogP contribution >= 0.6 is 0 Å². The number of aliphatic hydroxyl groups is 1. The van der Waals surface area contributed by atoms with Crippen LogP contribution in [0.15, 0.2) is 59.6 Å². The number of nitrogens with one attached hydrogen (secondary N) is 1. The summed E-state index contributed by atoms with van der Waals surface area (Å²) >= 11 is 0. The number of amides is 1. The molecule has 0 radical (unpaired) electrons. The van der Waals surface area contributed by atoms with Crippen LogP contribution in [0.25, 0.3) is 0 Å². The molecule has 0 fully saturated rings. The van der Waals surface area contributed by atoms with E-state index in [9.17, 15) is 9.90 Å². The summed E-state index contributed by atoms with van der Waals surface area (Å²) < 4.78 is 10.9. The maximum absolute atomic E-state index is 12.4. The van der Waals surface area contributed by atoms with Gasteiger partial charge in [0, 0.05) is 12.0 Å². The van der Waals surface area contributed by atoms with Crippen LogP contribution in [0.4, 0.5) is 4.79 Å². The fourth-order valence-electron chi connectivity index (χ4n) is 3.51. The third kappa shape index (κ3) is 6.32. The Morgan fingerprint density at radius 1 is 1.17 bits per heavy atom. The molecule has 0 unspecified atom stereocenters. The number of rotatable bonds is 9. The number of aliphatic imine (C=N–C) groups is 1. The monoisotopic (exact) mass is 410 g/mol. The molecule has 2 aromatic rings. The lowest BCUT2D eigenvalue weighted by molar-refractivity contribution is 0.0943. The zero-order valence-electron chi connectivity index (χ0n) is 17.6. The number of hydrogen-bond donors (Lipinski definition) is 2. The Hall–Kier alpha value is -2.86. The number of benzene rings is 2. The highest BCUT2D eigenvalue weighted by Gasteiger charge is 2.25. The molecule has 6 nitrogen and oxygen atoms in total. The van der Waals surface area contributed by atoms with E-state index in [2.05, 4.69) is 24.2 Å². The zero-order valence-corrected chi connectivity index (χ0v) is 17.6. The van der Waals surface area contributed by atoms with Crippen molar-refractivity contribution in [3.8, 4) is 0 Å². The summed E-state index contributed by atoms with van der Waals surface area (Å²) in [4.78, 5) is 16.7. The lowest BCUT2D eigenvalue weighted by Crippen LogP contribution is -2.45. The van der Waals surface area contributed by atoms with Gasteiger partial charge < -0.3 is 19.9 Å². The predicted molar refractivity (Wildman–Crippen MR) is 117 cm³/mol. The van der Waals surface area contributed by atoms with Gasteiger partial charge in [0.05, 0.1) is 18.7 Å². The molecule has 0 saturated carbocycles. The van der Waals surface area contributed by atoms with Crippen LogP contribution in [-0.4, -0.2) is 42.4 Å². The molecule has 0 bridgehead atoms. The van der Waals surface area contributed by atoms with Gasteiger partial charge in [-0.05, 0) is 29.5 Å². The molecule has 0 spiro atoms. The van der Waals surface area contributed by atoms with Crippen molar-refractivity contribution in [2.75, 3.05) is 13.2 Å². The smallest absolute Gasteiger partial charge is 0.407 e. The quantitative estimate of drug-likeness (QED) is 0.660. The van der Waals surface area contributed by atoms with E-state index >= 15 is 0 Å². The van der Waals surface area contributed by atoms with Gasteiger partial charge in [-0.2, -0.15) is 0 Å². The van der Waals surface area contributed by atoms with Gasteiger partial charge in [-0.25, -0.2) is 9.79 Å². The van der Waals surface area contributed by atoms with E-state index in [0.29, 0.717) is 37.8 Å². The summed E-state index contributed by atoms with van der Waals surface area (Å²) in [5, 5.41) is 13.8. The van der Waals surface area contributed by atoms with Crippen LogP contribution in [0.2, 0.25) is 0 Å². The number of hydrogen-bond acceptors (Lipinski definition) is 5. The minimum absolute atomic E-state index is 0.192. The minimum Gasteiger partial charge on any atom is -0.476 e. The zero-order chi connectivity index (χ0) is 21.3. The number of ether oxygens (including phenoxy) is 2. The molecule has 2 atom stereocenters. The summed E-state index contributed by atoms with van der Waals surface area (Å²) in [5.74, 6) is 0.922. The van der Waals surface area contributed by atoms with E-state index in [1.807, 2.05) is 54.6 Å². The van der Waals surface area contributed by atoms with Gasteiger partial charge in [0.2, 0.25) is 5.90 Å². The summed E-state index contributed by atoms with van der Waals surface area (Å²) in [6.45, 7) is 5.54. The predicted octanol–water partition coefficient (Wildman–Crippen LogP) is 3.71. The van der Waals surface area contributed by atoms with Gasteiger partial charge in [0.15, 0.2) is 0 Å². The maximum Gasteiger partial charge on any atom is 0.407 e. The van der Waals surface area contributed by atoms with Crippen LogP contribution in [0.1, 0.15) is 37.0 Å². The van der Waals surface area contributed by atoms with Crippen molar-refractivity contribution in [3.63, 3.8) is 0 Å². The van der Waals surface area contributed by atoms with Gasteiger partial charge in [-0.1, -0.05) is 62.4 Å². The van der Waals surface area contributed by atoms with E-state index in [1.54, 1.807) is 0 Å². The highest BCUT2D eigenvalue weighted by Crippen LogP contribution is 2.19. The minimum atomic E-state index is -0.764.